The third kappa shape index (κ3) is 5.61. The number of aryl methyl sites for hydroxylation is 3. The van der Waals surface area contributed by atoms with Gasteiger partial charge in [-0.15, -0.1) is 0 Å². The van der Waals surface area contributed by atoms with Crippen molar-refractivity contribution < 1.29 is 19.2 Å². The lowest BCUT2D eigenvalue weighted by Crippen LogP contribution is -2.63. The van der Waals surface area contributed by atoms with Crippen LogP contribution in [-0.4, -0.2) is 45.5 Å². The molecule has 0 radical (unpaired) electrons. The summed E-state index contributed by atoms with van der Waals surface area (Å²) in [7, 11) is 0. The second-order valence-electron chi connectivity index (χ2n) is 13.9. The Morgan fingerprint density at radius 3 is 1.98 bits per heavy atom. The minimum Gasteiger partial charge on any atom is -0.324 e. The van der Waals surface area contributed by atoms with Crippen molar-refractivity contribution >= 4 is 29.3 Å². The number of benzene rings is 4. The van der Waals surface area contributed by atoms with Gasteiger partial charge in [0.15, 0.2) is 0 Å². The van der Waals surface area contributed by atoms with E-state index in [1.54, 1.807) is 29.2 Å². The highest BCUT2D eigenvalue weighted by Crippen LogP contribution is 2.47. The summed E-state index contributed by atoms with van der Waals surface area (Å²) in [6.07, 6.45) is 3.54. The zero-order valence-electron chi connectivity index (χ0n) is 27.8. The maximum absolute atomic E-state index is 15.0. The number of amides is 4. The van der Waals surface area contributed by atoms with E-state index in [9.17, 15) is 14.4 Å². The third-order valence-corrected chi connectivity index (χ3v) is 10.8. The van der Waals surface area contributed by atoms with Gasteiger partial charge in [-0.3, -0.25) is 24.1 Å². The standard InChI is InChI=1S/C41H41N3O4/c1-26-19-27(2)37(28(3)20-26)42-40(48)41(18-17-32-21-30-13-7-8-14-31(30)22-33(32)23-41)44(24-29-11-5-4-6-12-29)36(45)25-43-38(46)34-15-9-10-16-35(34)39(43)47/h4-16,19-20,32-33H,17-18,21-25H2,1-3H3,(H,42,48)/t32-,33+,41-/m1/s1. The molecule has 4 amide bonds. The lowest BCUT2D eigenvalue weighted by Gasteiger charge is -2.51. The molecule has 3 aliphatic rings. The van der Waals surface area contributed by atoms with Gasteiger partial charge < -0.3 is 10.2 Å². The molecule has 7 rings (SSSR count). The Morgan fingerprint density at radius 2 is 1.35 bits per heavy atom. The molecule has 0 bridgehead atoms. The fourth-order valence-electron chi connectivity index (χ4n) is 8.42. The number of imide groups is 1. The molecule has 4 aromatic carbocycles. The highest BCUT2D eigenvalue weighted by Gasteiger charge is 2.53. The molecule has 0 saturated heterocycles. The Balaban J connectivity index is 1.30. The van der Waals surface area contributed by atoms with Crippen LogP contribution in [0.4, 0.5) is 5.69 Å². The van der Waals surface area contributed by atoms with Crippen molar-refractivity contribution in [3.63, 3.8) is 0 Å². The van der Waals surface area contributed by atoms with Crippen LogP contribution in [0.15, 0.2) is 91.0 Å². The molecule has 48 heavy (non-hydrogen) atoms. The van der Waals surface area contributed by atoms with Gasteiger partial charge in [0.1, 0.15) is 12.1 Å². The van der Waals surface area contributed by atoms with Crippen molar-refractivity contribution in [2.24, 2.45) is 11.8 Å². The predicted octanol–water partition coefficient (Wildman–Crippen LogP) is 6.83. The maximum atomic E-state index is 15.0. The van der Waals surface area contributed by atoms with Crippen LogP contribution in [0.1, 0.15) is 73.4 Å². The lowest BCUT2D eigenvalue weighted by atomic mass is 9.62. The molecular weight excluding hydrogens is 598 g/mol. The number of nitrogens with one attached hydrogen (secondary N) is 1. The fraction of sp³-hybridized carbons (Fsp3) is 0.317. The normalized spacial score (nSPS) is 21.3. The van der Waals surface area contributed by atoms with Gasteiger partial charge in [0.25, 0.3) is 11.8 Å². The zero-order valence-corrected chi connectivity index (χ0v) is 27.8. The molecule has 3 atom stereocenters. The molecule has 244 valence electrons. The van der Waals surface area contributed by atoms with Crippen LogP contribution in [0.25, 0.3) is 0 Å². The van der Waals surface area contributed by atoms with Crippen molar-refractivity contribution in [1.29, 1.82) is 0 Å². The summed E-state index contributed by atoms with van der Waals surface area (Å²) in [6, 6.07) is 29.0. The molecule has 1 N–H and O–H groups in total. The predicted molar refractivity (Wildman–Crippen MR) is 185 cm³/mol. The van der Waals surface area contributed by atoms with E-state index in [1.807, 2.05) is 51.1 Å². The van der Waals surface area contributed by atoms with Crippen molar-refractivity contribution in [2.75, 3.05) is 11.9 Å². The fourth-order valence-corrected chi connectivity index (χ4v) is 8.42. The molecule has 2 aliphatic carbocycles. The molecule has 0 spiro atoms. The number of hydrogen-bond acceptors (Lipinski definition) is 4. The average molecular weight is 640 g/mol. The largest absolute Gasteiger partial charge is 0.324 e. The molecule has 7 heteroatoms. The first kappa shape index (κ1) is 31.6. The van der Waals surface area contributed by atoms with Crippen LogP contribution in [0.2, 0.25) is 0 Å². The van der Waals surface area contributed by atoms with Crippen molar-refractivity contribution in [1.82, 2.24) is 9.80 Å². The van der Waals surface area contributed by atoms with Gasteiger partial charge in [0.2, 0.25) is 11.8 Å². The summed E-state index contributed by atoms with van der Waals surface area (Å²) in [5.41, 5.74) is 6.72. The van der Waals surface area contributed by atoms with Crippen LogP contribution < -0.4 is 5.32 Å². The topological polar surface area (TPSA) is 86.8 Å². The molecule has 1 saturated carbocycles. The van der Waals surface area contributed by atoms with E-state index in [2.05, 4.69) is 41.7 Å². The van der Waals surface area contributed by atoms with Crippen LogP contribution in [0.3, 0.4) is 0 Å². The number of carbonyl (C=O) groups is 4. The number of carbonyl (C=O) groups excluding carboxylic acids is 4. The van der Waals surface area contributed by atoms with Crippen molar-refractivity contribution in [3.8, 4) is 0 Å². The van der Waals surface area contributed by atoms with Gasteiger partial charge in [0, 0.05) is 12.2 Å². The quantitative estimate of drug-likeness (QED) is 0.225. The minimum absolute atomic E-state index is 0.177. The first-order valence-electron chi connectivity index (χ1n) is 16.9. The van der Waals surface area contributed by atoms with Gasteiger partial charge in [-0.25, -0.2) is 0 Å². The molecule has 1 fully saturated rings. The van der Waals surface area contributed by atoms with Crippen LogP contribution in [0.5, 0.6) is 0 Å². The van der Waals surface area contributed by atoms with E-state index < -0.39 is 29.8 Å². The monoisotopic (exact) mass is 639 g/mol. The second kappa shape index (κ2) is 12.5. The zero-order chi connectivity index (χ0) is 33.6. The van der Waals surface area contributed by atoms with E-state index in [4.69, 9.17) is 0 Å². The highest BCUT2D eigenvalue weighted by atomic mass is 16.2. The maximum Gasteiger partial charge on any atom is 0.262 e. The molecular formula is C41H41N3O4. The van der Waals surface area contributed by atoms with Gasteiger partial charge in [-0.2, -0.15) is 0 Å². The van der Waals surface area contributed by atoms with E-state index in [0.717, 1.165) is 52.1 Å². The van der Waals surface area contributed by atoms with Crippen molar-refractivity contribution in [3.05, 3.63) is 136 Å². The van der Waals surface area contributed by atoms with Crippen LogP contribution in [-0.2, 0) is 29.0 Å². The molecule has 4 aromatic rings. The molecule has 1 heterocycles. The molecule has 1 aliphatic heterocycles. The number of fused-ring (bicyclic) bond motifs is 3. The average Bonchev–Trinajstić information content (AvgIpc) is 3.32. The van der Waals surface area contributed by atoms with Crippen LogP contribution in [0, 0.1) is 32.6 Å². The van der Waals surface area contributed by atoms with Crippen molar-refractivity contribution in [2.45, 2.75) is 65.0 Å². The van der Waals surface area contributed by atoms with Gasteiger partial charge >= 0.3 is 0 Å². The Kier molecular flexibility index (Phi) is 8.24. The Hall–Kier alpha value is -5.04. The Bertz CT molecular complexity index is 1880. The van der Waals surface area contributed by atoms with E-state index in [1.165, 1.54) is 11.1 Å². The smallest absolute Gasteiger partial charge is 0.262 e. The number of rotatable bonds is 7. The number of nitrogens with zero attached hydrogens (tertiary/aromatic N) is 2. The van der Waals surface area contributed by atoms with Crippen LogP contribution >= 0.6 is 0 Å². The summed E-state index contributed by atoms with van der Waals surface area (Å²) in [5.74, 6) is -1.03. The lowest BCUT2D eigenvalue weighted by molar-refractivity contribution is -0.151. The van der Waals surface area contributed by atoms with E-state index in [-0.39, 0.29) is 18.4 Å². The molecule has 0 unspecified atom stereocenters. The Morgan fingerprint density at radius 1 is 0.792 bits per heavy atom. The minimum atomic E-state index is -1.21. The van der Waals surface area contributed by atoms with E-state index >= 15 is 4.79 Å². The summed E-state index contributed by atoms with van der Waals surface area (Å²) < 4.78 is 0. The number of anilines is 1. The Labute approximate surface area is 282 Å². The first-order chi connectivity index (χ1) is 23.1. The third-order valence-electron chi connectivity index (χ3n) is 10.8. The number of hydrogen-bond donors (Lipinski definition) is 1. The SMILES string of the molecule is Cc1cc(C)c(NC(=O)[C@@]2(N(Cc3ccccc3)C(=O)CN3C(=O)c4ccccc4C3=O)CC[C@@H]3Cc4ccccc4C[C@H]3C2)c(C)c1. The summed E-state index contributed by atoms with van der Waals surface area (Å²) >= 11 is 0. The van der Waals surface area contributed by atoms with Gasteiger partial charge in [-0.1, -0.05) is 84.4 Å². The summed E-state index contributed by atoms with van der Waals surface area (Å²) in [6.45, 7) is 5.76. The summed E-state index contributed by atoms with van der Waals surface area (Å²) in [4.78, 5) is 59.3. The molecule has 0 aromatic heterocycles. The first-order valence-corrected chi connectivity index (χ1v) is 16.9. The van der Waals surface area contributed by atoms with E-state index in [0.29, 0.717) is 29.9 Å². The van der Waals surface area contributed by atoms with Gasteiger partial charge in [-0.05, 0) is 105 Å². The second-order valence-corrected chi connectivity index (χ2v) is 13.9. The molecule has 7 nitrogen and oxygen atoms in total. The highest BCUT2D eigenvalue weighted by molar-refractivity contribution is 6.22. The van der Waals surface area contributed by atoms with Gasteiger partial charge in [0.05, 0.1) is 11.1 Å². The summed E-state index contributed by atoms with van der Waals surface area (Å²) in [5, 5.41) is 3.30.